The summed E-state index contributed by atoms with van der Waals surface area (Å²) in [4.78, 5) is 12.6. The second kappa shape index (κ2) is 10.0. The third-order valence-electron chi connectivity index (χ3n) is 6.33. The molecule has 0 aliphatic carbocycles. The van der Waals surface area contributed by atoms with Gasteiger partial charge in [-0.15, -0.1) is 0 Å². The molecule has 2 unspecified atom stereocenters. The SMILES string of the molecule is CC(C)C(CO[Si](C)(C)C(C)(C)C)C(O)c1c(OCc2ccccc2)c(=O)ccn1N. The van der Waals surface area contributed by atoms with Gasteiger partial charge in [0.2, 0.25) is 5.43 Å². The predicted octanol–water partition coefficient (Wildman–Crippen LogP) is 4.47. The molecule has 2 rings (SSSR count). The Hall–Kier alpha value is -2.09. The second-order valence-corrected chi connectivity index (χ2v) is 14.8. The number of hydrogen-bond donors (Lipinski definition) is 2. The maximum absolute atomic E-state index is 12.6. The number of ether oxygens (including phenoxy) is 1. The van der Waals surface area contributed by atoms with Crippen molar-refractivity contribution in [1.29, 1.82) is 0 Å². The average Bonchev–Trinajstić information content (AvgIpc) is 2.68. The molecule has 6 nitrogen and oxygen atoms in total. The van der Waals surface area contributed by atoms with Crippen molar-refractivity contribution in [2.45, 2.75) is 65.5 Å². The van der Waals surface area contributed by atoms with Crippen LogP contribution in [0.4, 0.5) is 0 Å². The normalized spacial score (nSPS) is 14.5. The maximum atomic E-state index is 12.6. The van der Waals surface area contributed by atoms with Gasteiger partial charge in [0.05, 0.1) is 0 Å². The highest BCUT2D eigenvalue weighted by Crippen LogP contribution is 2.39. The van der Waals surface area contributed by atoms with Gasteiger partial charge < -0.3 is 20.1 Å². The molecular formula is C24H38N2O4Si. The van der Waals surface area contributed by atoms with E-state index in [4.69, 9.17) is 15.0 Å². The Labute approximate surface area is 187 Å². The number of nitrogen functional groups attached to an aromatic ring is 1. The van der Waals surface area contributed by atoms with E-state index in [0.29, 0.717) is 6.61 Å². The molecule has 172 valence electrons. The third-order valence-corrected chi connectivity index (χ3v) is 10.8. The molecule has 1 aromatic carbocycles. The van der Waals surface area contributed by atoms with Crippen molar-refractivity contribution in [3.05, 3.63) is 64.1 Å². The molecule has 0 bridgehead atoms. The fraction of sp³-hybridized carbons (Fsp3) is 0.542. The lowest BCUT2D eigenvalue weighted by Crippen LogP contribution is -2.43. The first-order valence-corrected chi connectivity index (χ1v) is 13.8. The van der Waals surface area contributed by atoms with E-state index in [2.05, 4.69) is 33.9 Å². The van der Waals surface area contributed by atoms with Crippen LogP contribution >= 0.6 is 0 Å². The fourth-order valence-corrected chi connectivity index (χ4v) is 4.12. The highest BCUT2D eigenvalue weighted by Gasteiger charge is 2.39. The van der Waals surface area contributed by atoms with Gasteiger partial charge in [0.1, 0.15) is 18.4 Å². The Balaban J connectivity index is 2.33. The summed E-state index contributed by atoms with van der Waals surface area (Å²) in [6, 6.07) is 10.9. The zero-order valence-corrected chi connectivity index (χ0v) is 20.9. The van der Waals surface area contributed by atoms with E-state index in [1.807, 2.05) is 44.2 Å². The summed E-state index contributed by atoms with van der Waals surface area (Å²) >= 11 is 0. The number of nitrogens with two attached hydrogens (primary N) is 1. The maximum Gasteiger partial charge on any atom is 0.223 e. The van der Waals surface area contributed by atoms with Crippen LogP contribution in [-0.2, 0) is 11.0 Å². The molecule has 3 N–H and O–H groups in total. The number of rotatable bonds is 9. The lowest BCUT2D eigenvalue weighted by Gasteiger charge is -2.38. The molecule has 0 saturated heterocycles. The molecule has 0 fully saturated rings. The first kappa shape index (κ1) is 25.2. The van der Waals surface area contributed by atoms with Gasteiger partial charge in [-0.05, 0) is 29.6 Å². The van der Waals surface area contributed by atoms with Crippen LogP contribution in [0.2, 0.25) is 18.1 Å². The van der Waals surface area contributed by atoms with E-state index in [9.17, 15) is 9.90 Å². The number of pyridine rings is 1. The number of nitrogens with zero attached hydrogens (tertiary/aromatic N) is 1. The van der Waals surface area contributed by atoms with Crippen LogP contribution in [0, 0.1) is 11.8 Å². The summed E-state index contributed by atoms with van der Waals surface area (Å²) in [5.41, 5.74) is 0.900. The summed E-state index contributed by atoms with van der Waals surface area (Å²) in [5.74, 6) is 6.10. The van der Waals surface area contributed by atoms with Crippen LogP contribution in [0.25, 0.3) is 0 Å². The molecule has 0 saturated carbocycles. The van der Waals surface area contributed by atoms with Crippen molar-refractivity contribution >= 4 is 8.32 Å². The van der Waals surface area contributed by atoms with Gasteiger partial charge >= 0.3 is 0 Å². The summed E-state index contributed by atoms with van der Waals surface area (Å²) in [6.45, 7) is 15.6. The predicted molar refractivity (Wildman–Crippen MR) is 128 cm³/mol. The molecule has 2 atom stereocenters. The zero-order valence-electron chi connectivity index (χ0n) is 19.9. The van der Waals surface area contributed by atoms with Crippen molar-refractivity contribution in [2.75, 3.05) is 12.4 Å². The van der Waals surface area contributed by atoms with Gasteiger partial charge in [-0.25, -0.2) is 0 Å². The smallest absolute Gasteiger partial charge is 0.223 e. The van der Waals surface area contributed by atoms with Crippen molar-refractivity contribution in [3.8, 4) is 5.75 Å². The Morgan fingerprint density at radius 2 is 1.74 bits per heavy atom. The minimum atomic E-state index is -2.00. The van der Waals surface area contributed by atoms with Crippen LogP contribution in [0.3, 0.4) is 0 Å². The van der Waals surface area contributed by atoms with Gasteiger partial charge in [-0.2, -0.15) is 0 Å². The molecule has 0 radical (unpaired) electrons. The quantitative estimate of drug-likeness (QED) is 0.438. The summed E-state index contributed by atoms with van der Waals surface area (Å²) in [7, 11) is -2.00. The minimum Gasteiger partial charge on any atom is -0.483 e. The highest BCUT2D eigenvalue weighted by molar-refractivity contribution is 6.74. The van der Waals surface area contributed by atoms with Crippen molar-refractivity contribution < 1.29 is 14.3 Å². The lowest BCUT2D eigenvalue weighted by atomic mass is 9.89. The topological polar surface area (TPSA) is 86.7 Å². The lowest BCUT2D eigenvalue weighted by molar-refractivity contribution is 0.0367. The molecule has 0 spiro atoms. The van der Waals surface area contributed by atoms with Crippen molar-refractivity contribution in [3.63, 3.8) is 0 Å². The molecule has 0 aliphatic heterocycles. The number of hydrogen-bond acceptors (Lipinski definition) is 5. The Morgan fingerprint density at radius 3 is 2.29 bits per heavy atom. The van der Waals surface area contributed by atoms with Crippen molar-refractivity contribution in [2.24, 2.45) is 11.8 Å². The fourth-order valence-electron chi connectivity index (χ4n) is 3.08. The van der Waals surface area contributed by atoms with Gasteiger partial charge in [-0.3, -0.25) is 9.47 Å². The number of benzene rings is 1. The number of aromatic nitrogens is 1. The number of aliphatic hydroxyl groups excluding tert-OH is 1. The van der Waals surface area contributed by atoms with Crippen LogP contribution in [-0.4, -0.2) is 24.7 Å². The summed E-state index contributed by atoms with van der Waals surface area (Å²) in [5, 5.41) is 11.4. The van der Waals surface area contributed by atoms with E-state index >= 15 is 0 Å². The molecule has 31 heavy (non-hydrogen) atoms. The van der Waals surface area contributed by atoms with E-state index < -0.39 is 14.4 Å². The zero-order chi connectivity index (χ0) is 23.4. The van der Waals surface area contributed by atoms with Crippen LogP contribution < -0.4 is 16.0 Å². The Morgan fingerprint density at radius 1 is 1.13 bits per heavy atom. The first-order valence-electron chi connectivity index (χ1n) is 10.8. The monoisotopic (exact) mass is 446 g/mol. The van der Waals surface area contributed by atoms with E-state index in [-0.39, 0.29) is 40.4 Å². The molecule has 7 heteroatoms. The van der Waals surface area contributed by atoms with E-state index in [1.165, 1.54) is 16.9 Å². The van der Waals surface area contributed by atoms with Gasteiger partial charge in [0, 0.05) is 24.8 Å². The van der Waals surface area contributed by atoms with Crippen LogP contribution in [0.5, 0.6) is 5.75 Å². The largest absolute Gasteiger partial charge is 0.483 e. The standard InChI is InChI=1S/C24H38N2O4Si/c1-17(2)19(16-30-31(6,7)24(3,4)5)22(28)21-23(20(27)13-14-26(21)25)29-15-18-11-9-8-10-12-18/h8-14,17,19,22,28H,15-16,25H2,1-7H3. The highest BCUT2D eigenvalue weighted by atomic mass is 28.4. The van der Waals surface area contributed by atoms with Gasteiger partial charge in [0.15, 0.2) is 14.1 Å². The van der Waals surface area contributed by atoms with Gasteiger partial charge in [-0.1, -0.05) is 65.0 Å². The molecule has 0 aliphatic rings. The molecular weight excluding hydrogens is 408 g/mol. The van der Waals surface area contributed by atoms with Crippen LogP contribution in [0.15, 0.2) is 47.4 Å². The second-order valence-electron chi connectivity index (χ2n) is 10.00. The Kier molecular flexibility index (Phi) is 8.13. The molecule has 1 aromatic heterocycles. The third kappa shape index (κ3) is 6.21. The summed E-state index contributed by atoms with van der Waals surface area (Å²) in [6.07, 6.45) is 0.456. The first-order chi connectivity index (χ1) is 14.3. The Bertz CT molecular complexity index is 904. The van der Waals surface area contributed by atoms with E-state index in [1.54, 1.807) is 0 Å². The molecule has 1 heterocycles. The van der Waals surface area contributed by atoms with Crippen LogP contribution in [0.1, 0.15) is 52.0 Å². The number of aliphatic hydroxyl groups is 1. The van der Waals surface area contributed by atoms with E-state index in [0.717, 1.165) is 5.56 Å². The molecule has 0 amide bonds. The van der Waals surface area contributed by atoms with Gasteiger partial charge in [0.25, 0.3) is 0 Å². The summed E-state index contributed by atoms with van der Waals surface area (Å²) < 4.78 is 13.6. The minimum absolute atomic E-state index is 0.0617. The van der Waals surface area contributed by atoms with Crippen molar-refractivity contribution in [1.82, 2.24) is 4.68 Å². The average molecular weight is 447 g/mol. The molecule has 2 aromatic rings.